The number of anilines is 2. The number of aromatic nitrogens is 2. The van der Waals surface area contributed by atoms with Crippen LogP contribution in [0.3, 0.4) is 0 Å². The van der Waals surface area contributed by atoms with E-state index in [1.165, 1.54) is 0 Å². The van der Waals surface area contributed by atoms with E-state index >= 15 is 0 Å². The average Bonchev–Trinajstić information content (AvgIpc) is 2.63. The molecule has 2 aromatic rings. The summed E-state index contributed by atoms with van der Waals surface area (Å²) in [4.78, 5) is 24.7. The molecule has 0 radical (unpaired) electrons. The Bertz CT molecular complexity index is 705. The Morgan fingerprint density at radius 2 is 1.83 bits per heavy atom. The molecule has 1 aromatic carbocycles. The topological polar surface area (TPSA) is 61.4 Å². The van der Waals surface area contributed by atoms with Gasteiger partial charge in [0.2, 0.25) is 11.9 Å². The summed E-state index contributed by atoms with van der Waals surface area (Å²) in [7, 11) is 0. The number of amides is 1. The van der Waals surface area contributed by atoms with Gasteiger partial charge in [-0.15, -0.1) is 0 Å². The molecular formula is C16H17Cl2N5O. The number of rotatable bonds is 4. The van der Waals surface area contributed by atoms with Gasteiger partial charge in [-0.3, -0.25) is 4.79 Å². The molecule has 1 fully saturated rings. The minimum absolute atomic E-state index is 0.0275. The molecule has 6 nitrogen and oxygen atoms in total. The maximum Gasteiger partial charge on any atom is 0.241 e. The van der Waals surface area contributed by atoms with E-state index in [0.29, 0.717) is 47.9 Å². The predicted octanol–water partition coefficient (Wildman–Crippen LogP) is 2.54. The van der Waals surface area contributed by atoms with Crippen LogP contribution in [0.15, 0.2) is 36.7 Å². The summed E-state index contributed by atoms with van der Waals surface area (Å²) in [5.41, 5.74) is 0.661. The number of carbonyl (C=O) groups excluding carboxylic acids is 1. The van der Waals surface area contributed by atoms with Crippen molar-refractivity contribution in [3.63, 3.8) is 0 Å². The van der Waals surface area contributed by atoms with E-state index in [9.17, 15) is 4.79 Å². The van der Waals surface area contributed by atoms with Crippen molar-refractivity contribution in [2.24, 2.45) is 0 Å². The van der Waals surface area contributed by atoms with Crippen LogP contribution in [0, 0.1) is 0 Å². The smallest absolute Gasteiger partial charge is 0.241 e. The van der Waals surface area contributed by atoms with Gasteiger partial charge in [0.1, 0.15) is 0 Å². The lowest BCUT2D eigenvalue weighted by molar-refractivity contribution is -0.129. The zero-order chi connectivity index (χ0) is 16.9. The molecule has 8 heteroatoms. The molecule has 0 atom stereocenters. The average molecular weight is 366 g/mol. The Balaban J connectivity index is 1.51. The molecule has 1 aliphatic heterocycles. The van der Waals surface area contributed by atoms with Gasteiger partial charge in [-0.05, 0) is 24.3 Å². The van der Waals surface area contributed by atoms with Crippen molar-refractivity contribution in [2.45, 2.75) is 0 Å². The van der Waals surface area contributed by atoms with Gasteiger partial charge in [0.15, 0.2) is 0 Å². The SMILES string of the molecule is O=C(CNc1cc(Cl)ccc1Cl)N1CCN(c2ncccn2)CC1. The van der Waals surface area contributed by atoms with Gasteiger partial charge in [0.25, 0.3) is 0 Å². The Hall–Kier alpha value is -2.05. The highest BCUT2D eigenvalue weighted by Gasteiger charge is 2.22. The summed E-state index contributed by atoms with van der Waals surface area (Å²) in [5, 5.41) is 4.16. The molecule has 0 spiro atoms. The van der Waals surface area contributed by atoms with Crippen molar-refractivity contribution in [3.05, 3.63) is 46.7 Å². The Morgan fingerprint density at radius 1 is 1.12 bits per heavy atom. The number of piperazine rings is 1. The van der Waals surface area contributed by atoms with E-state index < -0.39 is 0 Å². The largest absolute Gasteiger partial charge is 0.375 e. The molecule has 24 heavy (non-hydrogen) atoms. The molecule has 3 rings (SSSR count). The zero-order valence-electron chi connectivity index (χ0n) is 13.0. The number of hydrogen-bond donors (Lipinski definition) is 1. The lowest BCUT2D eigenvalue weighted by Crippen LogP contribution is -2.50. The molecule has 126 valence electrons. The van der Waals surface area contributed by atoms with E-state index in [2.05, 4.69) is 20.2 Å². The summed E-state index contributed by atoms with van der Waals surface area (Å²) in [6, 6.07) is 6.91. The number of hydrogen-bond acceptors (Lipinski definition) is 5. The highest BCUT2D eigenvalue weighted by molar-refractivity contribution is 6.35. The molecule has 1 aliphatic rings. The van der Waals surface area contributed by atoms with Crippen LogP contribution in [0.4, 0.5) is 11.6 Å². The molecule has 1 aromatic heterocycles. The Kier molecular flexibility index (Phi) is 5.37. The summed E-state index contributed by atoms with van der Waals surface area (Å²) in [6.07, 6.45) is 3.44. The van der Waals surface area contributed by atoms with E-state index in [-0.39, 0.29) is 12.5 Å². The Morgan fingerprint density at radius 3 is 2.54 bits per heavy atom. The van der Waals surface area contributed by atoms with E-state index in [1.54, 1.807) is 36.7 Å². The fourth-order valence-electron chi connectivity index (χ4n) is 2.53. The highest BCUT2D eigenvalue weighted by Crippen LogP contribution is 2.25. The number of benzene rings is 1. The van der Waals surface area contributed by atoms with E-state index in [4.69, 9.17) is 23.2 Å². The van der Waals surface area contributed by atoms with Crippen LogP contribution < -0.4 is 10.2 Å². The molecule has 1 saturated heterocycles. The quantitative estimate of drug-likeness (QED) is 0.901. The van der Waals surface area contributed by atoms with Crippen LogP contribution in [-0.2, 0) is 4.79 Å². The number of halogens is 2. The van der Waals surface area contributed by atoms with Crippen molar-refractivity contribution in [1.29, 1.82) is 0 Å². The van der Waals surface area contributed by atoms with Crippen LogP contribution in [0.2, 0.25) is 10.0 Å². The monoisotopic (exact) mass is 365 g/mol. The molecule has 2 heterocycles. The summed E-state index contributed by atoms with van der Waals surface area (Å²) in [6.45, 7) is 2.90. The van der Waals surface area contributed by atoms with Gasteiger partial charge in [-0.25, -0.2) is 9.97 Å². The first kappa shape index (κ1) is 16.8. The molecule has 1 N–H and O–H groups in total. The number of carbonyl (C=O) groups is 1. The molecular weight excluding hydrogens is 349 g/mol. The van der Waals surface area contributed by atoms with Crippen molar-refractivity contribution < 1.29 is 4.79 Å². The van der Waals surface area contributed by atoms with Crippen LogP contribution in [0.25, 0.3) is 0 Å². The third kappa shape index (κ3) is 4.07. The van der Waals surface area contributed by atoms with Crippen LogP contribution in [0.1, 0.15) is 0 Å². The predicted molar refractivity (Wildman–Crippen MR) is 95.8 cm³/mol. The molecule has 1 amide bonds. The summed E-state index contributed by atoms with van der Waals surface area (Å²) >= 11 is 12.0. The molecule has 0 saturated carbocycles. The normalized spacial score (nSPS) is 14.6. The fourth-order valence-corrected chi connectivity index (χ4v) is 2.88. The first-order valence-corrected chi connectivity index (χ1v) is 8.38. The molecule has 0 bridgehead atoms. The van der Waals surface area contributed by atoms with Gasteiger partial charge in [-0.2, -0.15) is 0 Å². The van der Waals surface area contributed by atoms with Crippen molar-refractivity contribution >= 4 is 40.7 Å². The third-order valence-corrected chi connectivity index (χ3v) is 4.39. The van der Waals surface area contributed by atoms with E-state index in [0.717, 1.165) is 0 Å². The first-order chi connectivity index (χ1) is 11.6. The van der Waals surface area contributed by atoms with Gasteiger partial charge < -0.3 is 15.1 Å². The fraction of sp³-hybridized carbons (Fsp3) is 0.312. The lowest BCUT2D eigenvalue weighted by Gasteiger charge is -2.34. The summed E-state index contributed by atoms with van der Waals surface area (Å²) in [5.74, 6) is 0.730. The lowest BCUT2D eigenvalue weighted by atomic mass is 10.3. The first-order valence-electron chi connectivity index (χ1n) is 7.62. The Labute approximate surface area is 150 Å². The maximum atomic E-state index is 12.3. The number of nitrogens with zero attached hydrogens (tertiary/aromatic N) is 4. The van der Waals surface area contributed by atoms with Gasteiger partial charge in [0, 0.05) is 43.6 Å². The zero-order valence-corrected chi connectivity index (χ0v) is 14.5. The summed E-state index contributed by atoms with van der Waals surface area (Å²) < 4.78 is 0. The highest BCUT2D eigenvalue weighted by atomic mass is 35.5. The van der Waals surface area contributed by atoms with Crippen molar-refractivity contribution in [3.8, 4) is 0 Å². The molecule has 0 unspecified atom stereocenters. The second kappa shape index (κ2) is 7.68. The van der Waals surface area contributed by atoms with Crippen LogP contribution >= 0.6 is 23.2 Å². The van der Waals surface area contributed by atoms with Gasteiger partial charge in [-0.1, -0.05) is 23.2 Å². The van der Waals surface area contributed by atoms with Crippen molar-refractivity contribution in [1.82, 2.24) is 14.9 Å². The van der Waals surface area contributed by atoms with Crippen LogP contribution in [0.5, 0.6) is 0 Å². The minimum Gasteiger partial charge on any atom is -0.375 e. The third-order valence-electron chi connectivity index (χ3n) is 3.83. The second-order valence-corrected chi connectivity index (χ2v) is 6.24. The second-order valence-electron chi connectivity index (χ2n) is 5.39. The maximum absolute atomic E-state index is 12.3. The van der Waals surface area contributed by atoms with E-state index in [1.807, 2.05) is 4.90 Å². The number of nitrogens with one attached hydrogen (secondary N) is 1. The van der Waals surface area contributed by atoms with Crippen LogP contribution in [-0.4, -0.2) is 53.5 Å². The molecule has 0 aliphatic carbocycles. The van der Waals surface area contributed by atoms with Crippen molar-refractivity contribution in [2.75, 3.05) is 42.9 Å². The van der Waals surface area contributed by atoms with Gasteiger partial charge in [0.05, 0.1) is 17.3 Å². The minimum atomic E-state index is 0.0275. The standard InChI is InChI=1S/C16H17Cl2N5O/c17-12-2-3-13(18)14(10-12)21-11-15(24)22-6-8-23(9-7-22)16-19-4-1-5-20-16/h1-5,10,21H,6-9,11H2. The van der Waals surface area contributed by atoms with Gasteiger partial charge >= 0.3 is 0 Å².